The molecule has 0 saturated carbocycles. The molecule has 29 heavy (non-hydrogen) atoms. The summed E-state index contributed by atoms with van der Waals surface area (Å²) in [6, 6.07) is 13.3. The zero-order valence-electron chi connectivity index (χ0n) is 15.8. The van der Waals surface area contributed by atoms with Crippen LogP contribution in [0.3, 0.4) is 0 Å². The Morgan fingerprint density at radius 2 is 1.93 bits per heavy atom. The Hall–Kier alpha value is -3.48. The van der Waals surface area contributed by atoms with Gasteiger partial charge in [-0.3, -0.25) is 9.59 Å². The molecule has 2 amide bonds. The van der Waals surface area contributed by atoms with Crippen molar-refractivity contribution in [2.75, 3.05) is 26.4 Å². The molecule has 0 atom stereocenters. The molecule has 2 aliphatic rings. The molecule has 1 aromatic heterocycles. The van der Waals surface area contributed by atoms with Gasteiger partial charge >= 0.3 is 0 Å². The number of rotatable bonds is 5. The summed E-state index contributed by atoms with van der Waals surface area (Å²) < 4.78 is 10.6. The van der Waals surface area contributed by atoms with Crippen molar-refractivity contribution in [3.63, 3.8) is 0 Å². The van der Waals surface area contributed by atoms with Crippen LogP contribution in [0.1, 0.15) is 15.9 Å². The van der Waals surface area contributed by atoms with E-state index in [2.05, 4.69) is 16.4 Å². The van der Waals surface area contributed by atoms with Crippen molar-refractivity contribution in [1.82, 2.24) is 15.2 Å². The Morgan fingerprint density at radius 3 is 2.83 bits per heavy atom. The number of ether oxygens (including phenoxy) is 2. The maximum absolute atomic E-state index is 12.6. The first kappa shape index (κ1) is 17.6. The fourth-order valence-electron chi connectivity index (χ4n) is 3.83. The molecule has 0 bridgehead atoms. The molecule has 0 spiro atoms. The molecule has 3 heterocycles. The van der Waals surface area contributed by atoms with Crippen LogP contribution in [-0.2, 0) is 11.2 Å². The minimum absolute atomic E-state index is 0.000391. The van der Waals surface area contributed by atoms with Crippen molar-refractivity contribution >= 4 is 22.7 Å². The second-order valence-electron chi connectivity index (χ2n) is 7.38. The second kappa shape index (κ2) is 7.16. The number of carbonyl (C=O) groups excluding carboxylic acids is 2. The summed E-state index contributed by atoms with van der Waals surface area (Å²) in [5, 5.41) is 4.18. The molecule has 3 aromatic rings. The Kier molecular flexibility index (Phi) is 4.35. The van der Waals surface area contributed by atoms with Crippen molar-refractivity contribution in [1.29, 1.82) is 0 Å². The molecule has 2 aliphatic heterocycles. The van der Waals surface area contributed by atoms with Gasteiger partial charge in [0.25, 0.3) is 5.91 Å². The normalized spacial score (nSPS) is 15.4. The highest BCUT2D eigenvalue weighted by molar-refractivity contribution is 5.96. The molecule has 5 rings (SSSR count). The first-order valence-corrected chi connectivity index (χ1v) is 9.70. The minimum atomic E-state index is -0.157. The molecular formula is C22H21N3O4. The molecular weight excluding hydrogens is 370 g/mol. The molecule has 2 N–H and O–H groups in total. The quantitative estimate of drug-likeness (QED) is 0.699. The Balaban J connectivity index is 1.11. The van der Waals surface area contributed by atoms with Gasteiger partial charge in [0.15, 0.2) is 11.5 Å². The van der Waals surface area contributed by atoms with Crippen molar-refractivity contribution in [3.8, 4) is 11.5 Å². The summed E-state index contributed by atoms with van der Waals surface area (Å²) in [5.74, 6) is 0.988. The monoisotopic (exact) mass is 391 g/mol. The predicted molar refractivity (Wildman–Crippen MR) is 107 cm³/mol. The van der Waals surface area contributed by atoms with E-state index < -0.39 is 0 Å². The van der Waals surface area contributed by atoms with Crippen molar-refractivity contribution < 1.29 is 19.1 Å². The third-order valence-corrected chi connectivity index (χ3v) is 5.53. The minimum Gasteiger partial charge on any atom is -0.454 e. The van der Waals surface area contributed by atoms with Crippen molar-refractivity contribution in [2.45, 2.75) is 6.42 Å². The van der Waals surface area contributed by atoms with Gasteiger partial charge in [0.05, 0.1) is 5.92 Å². The number of hydrogen-bond acceptors (Lipinski definition) is 4. The lowest BCUT2D eigenvalue weighted by atomic mass is 9.97. The van der Waals surface area contributed by atoms with E-state index in [1.165, 1.54) is 10.9 Å². The Bertz CT molecular complexity index is 1080. The van der Waals surface area contributed by atoms with E-state index in [0.29, 0.717) is 36.7 Å². The largest absolute Gasteiger partial charge is 0.454 e. The average Bonchev–Trinajstić information content (AvgIpc) is 3.33. The van der Waals surface area contributed by atoms with Crippen LogP contribution in [-0.4, -0.2) is 48.1 Å². The number of fused-ring (bicyclic) bond motifs is 2. The number of nitrogens with one attached hydrogen (secondary N) is 2. The van der Waals surface area contributed by atoms with Crippen LogP contribution in [0.4, 0.5) is 0 Å². The van der Waals surface area contributed by atoms with Crippen molar-refractivity contribution in [2.24, 2.45) is 5.92 Å². The van der Waals surface area contributed by atoms with Crippen molar-refractivity contribution in [3.05, 3.63) is 59.8 Å². The van der Waals surface area contributed by atoms with Crippen LogP contribution >= 0.6 is 0 Å². The van der Waals surface area contributed by atoms with E-state index in [-0.39, 0.29) is 24.5 Å². The van der Waals surface area contributed by atoms with E-state index in [1.807, 2.05) is 24.4 Å². The van der Waals surface area contributed by atoms with E-state index in [4.69, 9.17) is 9.47 Å². The zero-order valence-corrected chi connectivity index (χ0v) is 15.8. The smallest absolute Gasteiger partial charge is 0.254 e. The highest BCUT2D eigenvalue weighted by Crippen LogP contribution is 2.33. The van der Waals surface area contributed by atoms with E-state index in [9.17, 15) is 9.59 Å². The maximum Gasteiger partial charge on any atom is 0.254 e. The van der Waals surface area contributed by atoms with Crippen LogP contribution in [0, 0.1) is 5.92 Å². The third-order valence-electron chi connectivity index (χ3n) is 5.53. The van der Waals surface area contributed by atoms with Crippen LogP contribution < -0.4 is 14.8 Å². The third kappa shape index (κ3) is 3.29. The molecule has 0 unspecified atom stereocenters. The summed E-state index contributed by atoms with van der Waals surface area (Å²) in [6.07, 6.45) is 2.76. The van der Waals surface area contributed by atoms with Gasteiger partial charge < -0.3 is 24.7 Å². The summed E-state index contributed by atoms with van der Waals surface area (Å²) in [6.45, 7) is 1.63. The van der Waals surface area contributed by atoms with Gasteiger partial charge in [0, 0.05) is 42.3 Å². The Morgan fingerprint density at radius 1 is 1.10 bits per heavy atom. The molecule has 0 aliphatic carbocycles. The average molecular weight is 391 g/mol. The number of carbonyl (C=O) groups is 2. The van der Waals surface area contributed by atoms with Crippen LogP contribution in [0.25, 0.3) is 10.9 Å². The summed E-state index contributed by atoms with van der Waals surface area (Å²) in [4.78, 5) is 29.9. The fraction of sp³-hybridized carbons (Fsp3) is 0.273. The van der Waals surface area contributed by atoms with Crippen LogP contribution in [0.2, 0.25) is 0 Å². The molecule has 1 fully saturated rings. The fourth-order valence-corrected chi connectivity index (χ4v) is 3.83. The first-order chi connectivity index (χ1) is 14.2. The van der Waals surface area contributed by atoms with Crippen LogP contribution in [0.15, 0.2) is 48.7 Å². The lowest BCUT2D eigenvalue weighted by Gasteiger charge is -2.38. The molecule has 148 valence electrons. The zero-order chi connectivity index (χ0) is 19.8. The summed E-state index contributed by atoms with van der Waals surface area (Å²) >= 11 is 0. The summed E-state index contributed by atoms with van der Waals surface area (Å²) in [5.41, 5.74) is 2.84. The lowest BCUT2D eigenvalue weighted by molar-refractivity contribution is -0.128. The standard InChI is InChI=1S/C22H21N3O4/c26-21(23-8-7-15-10-24-18-4-2-1-3-17(15)18)16-11-25(12-16)22(27)14-5-6-19-20(9-14)29-13-28-19/h1-6,9-10,16,24H,7-8,11-13H2,(H,23,26). The molecule has 7 heteroatoms. The second-order valence-corrected chi connectivity index (χ2v) is 7.38. The Labute approximate surface area is 167 Å². The number of likely N-dealkylation sites (tertiary alicyclic amines) is 1. The number of amides is 2. The summed E-state index contributed by atoms with van der Waals surface area (Å²) in [7, 11) is 0. The van der Waals surface area contributed by atoms with Gasteiger partial charge in [0.2, 0.25) is 12.7 Å². The number of H-pyrrole nitrogens is 1. The van der Waals surface area contributed by atoms with E-state index in [1.54, 1.807) is 23.1 Å². The van der Waals surface area contributed by atoms with Gasteiger partial charge in [-0.15, -0.1) is 0 Å². The highest BCUT2D eigenvalue weighted by atomic mass is 16.7. The van der Waals surface area contributed by atoms with Gasteiger partial charge in [-0.1, -0.05) is 18.2 Å². The van der Waals surface area contributed by atoms with E-state index in [0.717, 1.165) is 11.9 Å². The highest BCUT2D eigenvalue weighted by Gasteiger charge is 2.36. The number of aromatic nitrogens is 1. The molecule has 7 nitrogen and oxygen atoms in total. The van der Waals surface area contributed by atoms with Gasteiger partial charge in [0.1, 0.15) is 0 Å². The number of nitrogens with zero attached hydrogens (tertiary/aromatic N) is 1. The lowest BCUT2D eigenvalue weighted by Crippen LogP contribution is -2.55. The van der Waals surface area contributed by atoms with Gasteiger partial charge in [-0.25, -0.2) is 0 Å². The van der Waals surface area contributed by atoms with Gasteiger partial charge in [-0.05, 0) is 36.2 Å². The van der Waals surface area contributed by atoms with Gasteiger partial charge in [-0.2, -0.15) is 0 Å². The molecule has 2 aromatic carbocycles. The number of hydrogen-bond donors (Lipinski definition) is 2. The van der Waals surface area contributed by atoms with Crippen LogP contribution in [0.5, 0.6) is 11.5 Å². The SMILES string of the molecule is O=C(NCCc1c[nH]c2ccccc12)C1CN(C(=O)c2ccc3c(c2)OCO3)C1. The van der Waals surface area contributed by atoms with E-state index >= 15 is 0 Å². The molecule has 0 radical (unpaired) electrons. The topological polar surface area (TPSA) is 83.7 Å². The number of para-hydroxylation sites is 1. The number of aromatic amines is 1. The maximum atomic E-state index is 12.6. The molecule has 1 saturated heterocycles. The number of benzene rings is 2. The first-order valence-electron chi connectivity index (χ1n) is 9.70. The predicted octanol–water partition coefficient (Wildman–Crippen LogP) is 2.33.